The Kier molecular flexibility index (Phi) is 48.3. The Balaban J connectivity index is 4.36. The number of esters is 3. The van der Waals surface area contributed by atoms with E-state index in [1.165, 1.54) is 161 Å². The second-order valence-electron chi connectivity index (χ2n) is 17.8. The average molecular weight is 857 g/mol. The summed E-state index contributed by atoms with van der Waals surface area (Å²) in [5.74, 6) is -0.881. The summed E-state index contributed by atoms with van der Waals surface area (Å²) in [6.07, 6.45) is 58.3. The summed E-state index contributed by atoms with van der Waals surface area (Å²) < 4.78 is 16.8. The smallest absolute Gasteiger partial charge is 0.306 e. The first-order valence-electron chi connectivity index (χ1n) is 26.5. The summed E-state index contributed by atoms with van der Waals surface area (Å²) in [5.41, 5.74) is 0. The Morgan fingerprint density at radius 2 is 0.590 bits per heavy atom. The van der Waals surface area contributed by atoms with Crippen molar-refractivity contribution in [3.8, 4) is 0 Å². The van der Waals surface area contributed by atoms with Gasteiger partial charge in [0.05, 0.1) is 0 Å². The maximum absolute atomic E-state index is 12.8. The Bertz CT molecular complexity index is 1030. The van der Waals surface area contributed by atoms with E-state index in [2.05, 4.69) is 57.2 Å². The lowest BCUT2D eigenvalue weighted by atomic mass is 10.0. The van der Waals surface area contributed by atoms with Gasteiger partial charge in [-0.3, -0.25) is 14.4 Å². The first kappa shape index (κ1) is 58.6. The minimum Gasteiger partial charge on any atom is -0.462 e. The maximum Gasteiger partial charge on any atom is 0.306 e. The zero-order valence-corrected chi connectivity index (χ0v) is 40.7. The van der Waals surface area contributed by atoms with Crippen molar-refractivity contribution in [3.63, 3.8) is 0 Å². The first-order valence-corrected chi connectivity index (χ1v) is 26.5. The molecule has 1 atom stereocenters. The molecule has 0 N–H and O–H groups in total. The van der Waals surface area contributed by atoms with Crippen LogP contribution in [0, 0.1) is 0 Å². The summed E-state index contributed by atoms with van der Waals surface area (Å²) >= 11 is 0. The number of hydrogen-bond acceptors (Lipinski definition) is 6. The SMILES string of the molecule is CCCCC/C=C\C/C=C\CCCCCCCCCC(=O)OCC(COC(=O)CCCCCCCCCCCCCCC)OC(=O)CCCCCCC/C=C\CCCCCC. The van der Waals surface area contributed by atoms with Gasteiger partial charge < -0.3 is 14.2 Å². The quantitative estimate of drug-likeness (QED) is 0.0262. The lowest BCUT2D eigenvalue weighted by Crippen LogP contribution is -2.30. The summed E-state index contributed by atoms with van der Waals surface area (Å²) in [6, 6.07) is 0. The number of allylic oxidation sites excluding steroid dienone is 6. The number of rotatable bonds is 48. The van der Waals surface area contributed by atoms with E-state index in [1.54, 1.807) is 0 Å². The van der Waals surface area contributed by atoms with Gasteiger partial charge in [-0.05, 0) is 77.0 Å². The van der Waals surface area contributed by atoms with Crippen molar-refractivity contribution in [2.75, 3.05) is 13.2 Å². The van der Waals surface area contributed by atoms with Crippen molar-refractivity contribution in [2.24, 2.45) is 0 Å². The second-order valence-corrected chi connectivity index (χ2v) is 17.8. The van der Waals surface area contributed by atoms with Crippen LogP contribution in [0.3, 0.4) is 0 Å². The largest absolute Gasteiger partial charge is 0.462 e. The molecule has 0 heterocycles. The molecule has 0 radical (unpaired) electrons. The van der Waals surface area contributed by atoms with Crippen LogP contribution >= 0.6 is 0 Å². The van der Waals surface area contributed by atoms with Crippen LogP contribution in [-0.2, 0) is 28.6 Å². The van der Waals surface area contributed by atoms with E-state index in [1.807, 2.05) is 0 Å². The molecular weight excluding hydrogens is 757 g/mol. The molecule has 0 fully saturated rings. The molecule has 0 aliphatic carbocycles. The standard InChI is InChI=1S/C55H100O6/c1-4-7-10-13-16-19-22-25-26-27-28-31-33-36-39-42-45-48-54(57)60-51-52(61-55(58)49-46-43-40-37-34-30-24-21-18-15-12-9-6-3)50-59-53(56)47-44-41-38-35-32-29-23-20-17-14-11-8-5-2/h16,19,21,24-26,52H,4-15,17-18,20,22-23,27-51H2,1-3H3/b19-16-,24-21-,26-25-. The zero-order chi connectivity index (χ0) is 44.4. The van der Waals surface area contributed by atoms with E-state index >= 15 is 0 Å². The van der Waals surface area contributed by atoms with Crippen molar-refractivity contribution < 1.29 is 28.6 Å². The van der Waals surface area contributed by atoms with Gasteiger partial charge in [0.25, 0.3) is 0 Å². The average Bonchev–Trinajstić information content (AvgIpc) is 3.26. The molecule has 0 aromatic rings. The van der Waals surface area contributed by atoms with Crippen LogP contribution in [-0.4, -0.2) is 37.2 Å². The third kappa shape index (κ3) is 48.5. The van der Waals surface area contributed by atoms with Gasteiger partial charge in [0.2, 0.25) is 0 Å². The monoisotopic (exact) mass is 857 g/mol. The van der Waals surface area contributed by atoms with E-state index in [0.717, 1.165) is 77.0 Å². The number of unbranched alkanes of at least 4 members (excludes halogenated alkanes) is 31. The molecule has 0 aromatic heterocycles. The van der Waals surface area contributed by atoms with Crippen LogP contribution in [0.15, 0.2) is 36.5 Å². The van der Waals surface area contributed by atoms with Crippen molar-refractivity contribution in [1.82, 2.24) is 0 Å². The van der Waals surface area contributed by atoms with Crippen LogP contribution in [0.2, 0.25) is 0 Å². The second kappa shape index (κ2) is 50.3. The van der Waals surface area contributed by atoms with Crippen LogP contribution in [0.25, 0.3) is 0 Å². The Labute approximate surface area is 378 Å². The fraction of sp³-hybridized carbons (Fsp3) is 0.836. The lowest BCUT2D eigenvalue weighted by Gasteiger charge is -2.18. The molecule has 0 amide bonds. The van der Waals surface area contributed by atoms with Gasteiger partial charge in [-0.25, -0.2) is 0 Å². The summed E-state index contributed by atoms with van der Waals surface area (Å²) in [6.45, 7) is 6.60. The normalized spacial score (nSPS) is 12.2. The molecule has 0 rings (SSSR count). The molecular formula is C55H100O6. The van der Waals surface area contributed by atoms with Crippen molar-refractivity contribution in [3.05, 3.63) is 36.5 Å². The molecule has 356 valence electrons. The van der Waals surface area contributed by atoms with Gasteiger partial charge in [0.1, 0.15) is 13.2 Å². The van der Waals surface area contributed by atoms with Crippen molar-refractivity contribution >= 4 is 17.9 Å². The lowest BCUT2D eigenvalue weighted by molar-refractivity contribution is -0.167. The van der Waals surface area contributed by atoms with Gasteiger partial charge in [-0.1, -0.05) is 218 Å². The highest BCUT2D eigenvalue weighted by atomic mass is 16.6. The number of carbonyl (C=O) groups excluding carboxylic acids is 3. The van der Waals surface area contributed by atoms with Crippen molar-refractivity contribution in [2.45, 2.75) is 284 Å². The fourth-order valence-corrected chi connectivity index (χ4v) is 7.59. The van der Waals surface area contributed by atoms with Crippen LogP contribution in [0.1, 0.15) is 278 Å². The molecule has 0 aromatic carbocycles. The Morgan fingerprint density at radius 3 is 0.967 bits per heavy atom. The molecule has 0 aliphatic heterocycles. The van der Waals surface area contributed by atoms with Crippen molar-refractivity contribution in [1.29, 1.82) is 0 Å². The number of hydrogen-bond donors (Lipinski definition) is 0. The summed E-state index contributed by atoms with van der Waals surface area (Å²) in [4.78, 5) is 38.0. The highest BCUT2D eigenvalue weighted by Gasteiger charge is 2.19. The van der Waals surface area contributed by atoms with Gasteiger partial charge in [-0.15, -0.1) is 0 Å². The molecule has 0 saturated carbocycles. The topological polar surface area (TPSA) is 78.9 Å². The van der Waals surface area contributed by atoms with Gasteiger partial charge in [-0.2, -0.15) is 0 Å². The molecule has 61 heavy (non-hydrogen) atoms. The minimum atomic E-state index is -0.775. The van der Waals surface area contributed by atoms with Crippen LogP contribution < -0.4 is 0 Å². The fourth-order valence-electron chi connectivity index (χ4n) is 7.59. The molecule has 6 heteroatoms. The highest BCUT2D eigenvalue weighted by molar-refractivity contribution is 5.71. The van der Waals surface area contributed by atoms with Gasteiger partial charge >= 0.3 is 17.9 Å². The molecule has 6 nitrogen and oxygen atoms in total. The molecule has 0 spiro atoms. The third-order valence-corrected chi connectivity index (χ3v) is 11.6. The van der Waals surface area contributed by atoms with Gasteiger partial charge in [0, 0.05) is 19.3 Å². The summed E-state index contributed by atoms with van der Waals surface area (Å²) in [7, 11) is 0. The Morgan fingerprint density at radius 1 is 0.328 bits per heavy atom. The zero-order valence-electron chi connectivity index (χ0n) is 40.7. The predicted molar refractivity (Wildman–Crippen MR) is 261 cm³/mol. The van der Waals surface area contributed by atoms with Gasteiger partial charge in [0.15, 0.2) is 6.10 Å². The summed E-state index contributed by atoms with van der Waals surface area (Å²) in [5, 5.41) is 0. The predicted octanol–water partition coefficient (Wildman–Crippen LogP) is 17.3. The van der Waals surface area contributed by atoms with E-state index in [0.29, 0.717) is 19.3 Å². The molecule has 0 aliphatic rings. The van der Waals surface area contributed by atoms with E-state index in [9.17, 15) is 14.4 Å². The Hall–Kier alpha value is -2.37. The molecule has 1 unspecified atom stereocenters. The van der Waals surface area contributed by atoms with E-state index in [-0.39, 0.29) is 31.1 Å². The molecule has 0 saturated heterocycles. The highest BCUT2D eigenvalue weighted by Crippen LogP contribution is 2.15. The number of ether oxygens (including phenoxy) is 3. The van der Waals surface area contributed by atoms with E-state index < -0.39 is 6.10 Å². The number of carbonyl (C=O) groups is 3. The van der Waals surface area contributed by atoms with Crippen LogP contribution in [0.4, 0.5) is 0 Å². The maximum atomic E-state index is 12.8. The first-order chi connectivity index (χ1) is 30.0. The third-order valence-electron chi connectivity index (χ3n) is 11.6. The van der Waals surface area contributed by atoms with E-state index in [4.69, 9.17) is 14.2 Å². The molecule has 0 bridgehead atoms. The van der Waals surface area contributed by atoms with Crippen LogP contribution in [0.5, 0.6) is 0 Å². The minimum absolute atomic E-state index is 0.0750.